The molecule has 0 spiro atoms. The molecule has 2 N–H and O–H groups in total. The van der Waals surface area contributed by atoms with Gasteiger partial charge in [-0.2, -0.15) is 0 Å². The largest absolute Gasteiger partial charge is 0.497 e. The Morgan fingerprint density at radius 1 is 1.12 bits per heavy atom. The van der Waals surface area contributed by atoms with Crippen LogP contribution in [0.2, 0.25) is 0 Å². The summed E-state index contributed by atoms with van der Waals surface area (Å²) >= 11 is 0. The first-order chi connectivity index (χ1) is 11.5. The molecule has 0 aliphatic carbocycles. The Morgan fingerprint density at radius 3 is 2.25 bits per heavy atom. The molecule has 0 bridgehead atoms. The smallest absolute Gasteiger partial charge is 0.323 e. The lowest BCUT2D eigenvalue weighted by atomic mass is 10.1. The van der Waals surface area contributed by atoms with Crippen molar-refractivity contribution in [3.05, 3.63) is 69.8 Å². The van der Waals surface area contributed by atoms with Gasteiger partial charge >= 0.3 is 5.97 Å². The predicted octanol–water partition coefficient (Wildman–Crippen LogP) is 2.22. The van der Waals surface area contributed by atoms with E-state index in [4.69, 9.17) is 15.2 Å². The van der Waals surface area contributed by atoms with Gasteiger partial charge in [0.05, 0.1) is 12.0 Å². The van der Waals surface area contributed by atoms with Gasteiger partial charge in [0.15, 0.2) is 0 Å². The minimum atomic E-state index is -0.829. The van der Waals surface area contributed by atoms with E-state index in [0.29, 0.717) is 0 Å². The Labute approximate surface area is 139 Å². The Balaban J connectivity index is 1.85. The third-order valence-electron chi connectivity index (χ3n) is 3.45. The van der Waals surface area contributed by atoms with Crippen molar-refractivity contribution in [3.63, 3.8) is 0 Å². The zero-order valence-corrected chi connectivity index (χ0v) is 13.2. The number of rotatable bonds is 7. The van der Waals surface area contributed by atoms with Gasteiger partial charge in [-0.3, -0.25) is 14.9 Å². The number of nitrogens with two attached hydrogens (primary N) is 1. The minimum Gasteiger partial charge on any atom is -0.497 e. The van der Waals surface area contributed by atoms with Gasteiger partial charge in [-0.25, -0.2) is 0 Å². The zero-order chi connectivity index (χ0) is 17.5. The number of ether oxygens (including phenoxy) is 2. The number of nitro benzene ring substituents is 1. The Morgan fingerprint density at radius 2 is 1.71 bits per heavy atom. The van der Waals surface area contributed by atoms with E-state index in [1.165, 1.54) is 12.1 Å². The summed E-state index contributed by atoms with van der Waals surface area (Å²) in [4.78, 5) is 22.1. The maximum atomic E-state index is 11.9. The average molecular weight is 330 g/mol. The van der Waals surface area contributed by atoms with Gasteiger partial charge in [0.1, 0.15) is 18.4 Å². The van der Waals surface area contributed by atoms with Crippen molar-refractivity contribution < 1.29 is 19.2 Å². The van der Waals surface area contributed by atoms with Crippen LogP contribution in [0.1, 0.15) is 11.1 Å². The van der Waals surface area contributed by atoms with Crippen molar-refractivity contribution in [1.29, 1.82) is 0 Å². The monoisotopic (exact) mass is 330 g/mol. The van der Waals surface area contributed by atoms with Gasteiger partial charge in [0, 0.05) is 12.1 Å². The molecule has 2 aromatic rings. The molecule has 0 aliphatic rings. The first-order valence-corrected chi connectivity index (χ1v) is 7.28. The van der Waals surface area contributed by atoms with Crippen molar-refractivity contribution in [2.24, 2.45) is 5.73 Å². The van der Waals surface area contributed by atoms with Crippen LogP contribution in [0.25, 0.3) is 0 Å². The molecule has 0 radical (unpaired) electrons. The van der Waals surface area contributed by atoms with Crippen molar-refractivity contribution in [3.8, 4) is 5.75 Å². The van der Waals surface area contributed by atoms with Gasteiger partial charge in [0.2, 0.25) is 0 Å². The summed E-state index contributed by atoms with van der Waals surface area (Å²) in [6.07, 6.45) is 0.249. The van der Waals surface area contributed by atoms with Crippen LogP contribution >= 0.6 is 0 Å². The number of nitro groups is 1. The van der Waals surface area contributed by atoms with Crippen LogP contribution in [0.3, 0.4) is 0 Å². The molecule has 0 unspecified atom stereocenters. The maximum Gasteiger partial charge on any atom is 0.323 e. The molecule has 0 saturated carbocycles. The van der Waals surface area contributed by atoms with Crippen LogP contribution in [-0.4, -0.2) is 24.0 Å². The quantitative estimate of drug-likeness (QED) is 0.474. The molecule has 2 rings (SSSR count). The number of hydrogen-bond acceptors (Lipinski definition) is 6. The van der Waals surface area contributed by atoms with E-state index in [-0.39, 0.29) is 18.7 Å². The zero-order valence-electron chi connectivity index (χ0n) is 13.2. The summed E-state index contributed by atoms with van der Waals surface area (Å²) in [6, 6.07) is 12.2. The summed E-state index contributed by atoms with van der Waals surface area (Å²) in [5.74, 6) is 0.198. The van der Waals surface area contributed by atoms with E-state index >= 15 is 0 Å². The van der Waals surface area contributed by atoms with Crippen molar-refractivity contribution in [1.82, 2.24) is 0 Å². The van der Waals surface area contributed by atoms with Crippen LogP contribution < -0.4 is 10.5 Å². The lowest BCUT2D eigenvalue weighted by molar-refractivity contribution is -0.384. The predicted molar refractivity (Wildman–Crippen MR) is 87.6 cm³/mol. The topological polar surface area (TPSA) is 105 Å². The summed E-state index contributed by atoms with van der Waals surface area (Å²) in [5.41, 5.74) is 7.38. The number of benzene rings is 2. The fraction of sp³-hybridized carbons (Fsp3) is 0.235. The summed E-state index contributed by atoms with van der Waals surface area (Å²) in [6.45, 7) is 0.122. The molecule has 7 nitrogen and oxygen atoms in total. The Kier molecular flexibility index (Phi) is 5.86. The van der Waals surface area contributed by atoms with E-state index in [9.17, 15) is 14.9 Å². The second-order valence-electron chi connectivity index (χ2n) is 5.19. The minimum absolute atomic E-state index is 0.00518. The van der Waals surface area contributed by atoms with Gasteiger partial charge in [-0.15, -0.1) is 0 Å². The maximum absolute atomic E-state index is 11.9. The Bertz CT molecular complexity index is 698. The van der Waals surface area contributed by atoms with Crippen LogP contribution in [0.15, 0.2) is 48.5 Å². The van der Waals surface area contributed by atoms with E-state index < -0.39 is 16.9 Å². The highest BCUT2D eigenvalue weighted by Gasteiger charge is 2.16. The molecule has 1 atom stereocenters. The van der Waals surface area contributed by atoms with Crippen LogP contribution in [-0.2, 0) is 22.6 Å². The molecular weight excluding hydrogens is 312 g/mol. The highest BCUT2D eigenvalue weighted by atomic mass is 16.6. The molecular formula is C17H18N2O5. The fourth-order valence-electron chi connectivity index (χ4n) is 2.07. The third kappa shape index (κ3) is 4.79. The normalized spacial score (nSPS) is 11.6. The molecule has 7 heteroatoms. The van der Waals surface area contributed by atoms with E-state index in [1.807, 2.05) is 0 Å². The molecule has 0 aromatic heterocycles. The van der Waals surface area contributed by atoms with E-state index in [1.54, 1.807) is 43.5 Å². The Hall–Kier alpha value is -2.93. The number of carbonyl (C=O) groups excluding carboxylic acids is 1. The summed E-state index contributed by atoms with van der Waals surface area (Å²) < 4.78 is 10.2. The molecule has 24 heavy (non-hydrogen) atoms. The van der Waals surface area contributed by atoms with E-state index in [2.05, 4.69) is 0 Å². The lowest BCUT2D eigenvalue weighted by Gasteiger charge is -2.12. The number of methoxy groups -OCH3 is 1. The van der Waals surface area contributed by atoms with Gasteiger partial charge in [-0.1, -0.05) is 24.3 Å². The molecule has 0 fully saturated rings. The molecule has 126 valence electrons. The van der Waals surface area contributed by atoms with Crippen LogP contribution in [0.4, 0.5) is 5.69 Å². The number of nitrogens with zero attached hydrogens (tertiary/aromatic N) is 1. The first kappa shape index (κ1) is 17.4. The third-order valence-corrected chi connectivity index (χ3v) is 3.45. The van der Waals surface area contributed by atoms with Crippen LogP contribution in [0.5, 0.6) is 5.75 Å². The highest BCUT2D eigenvalue weighted by molar-refractivity contribution is 5.75. The SMILES string of the molecule is COc1ccc(COC(=O)[C@@H](N)Cc2ccc([N+](=O)[O-])cc2)cc1. The number of esters is 1. The second kappa shape index (κ2) is 8.07. The summed E-state index contributed by atoms with van der Waals surface area (Å²) in [7, 11) is 1.58. The molecule has 0 aliphatic heterocycles. The lowest BCUT2D eigenvalue weighted by Crippen LogP contribution is -2.34. The second-order valence-corrected chi connectivity index (χ2v) is 5.19. The van der Waals surface area contributed by atoms with Crippen molar-refractivity contribution >= 4 is 11.7 Å². The van der Waals surface area contributed by atoms with Gasteiger partial charge in [-0.05, 0) is 29.7 Å². The molecule has 0 heterocycles. The van der Waals surface area contributed by atoms with Crippen LogP contribution in [0, 0.1) is 10.1 Å². The molecule has 2 aromatic carbocycles. The van der Waals surface area contributed by atoms with Crippen molar-refractivity contribution in [2.75, 3.05) is 7.11 Å². The van der Waals surface area contributed by atoms with Gasteiger partial charge < -0.3 is 15.2 Å². The highest BCUT2D eigenvalue weighted by Crippen LogP contribution is 2.14. The number of non-ortho nitro benzene ring substituents is 1. The fourth-order valence-corrected chi connectivity index (χ4v) is 2.07. The van der Waals surface area contributed by atoms with Crippen molar-refractivity contribution in [2.45, 2.75) is 19.1 Å². The standard InChI is InChI=1S/C17H18N2O5/c1-23-15-8-4-13(5-9-15)11-24-17(20)16(18)10-12-2-6-14(7-3-12)19(21)22/h2-9,16H,10-11,18H2,1H3/t16-/m0/s1. The van der Waals surface area contributed by atoms with E-state index in [0.717, 1.165) is 16.9 Å². The molecule has 0 saturated heterocycles. The first-order valence-electron chi connectivity index (χ1n) is 7.28. The molecule has 0 amide bonds. The number of carbonyl (C=O) groups is 1. The summed E-state index contributed by atoms with van der Waals surface area (Å²) in [5, 5.41) is 10.6. The van der Waals surface area contributed by atoms with Gasteiger partial charge in [0.25, 0.3) is 5.69 Å². The average Bonchev–Trinajstić information content (AvgIpc) is 2.60. The number of hydrogen-bond donors (Lipinski definition) is 1.